The summed E-state index contributed by atoms with van der Waals surface area (Å²) in [7, 11) is 0. The quantitative estimate of drug-likeness (QED) is 0.717. The van der Waals surface area contributed by atoms with Gasteiger partial charge in [0.05, 0.1) is 31.5 Å². The van der Waals surface area contributed by atoms with Gasteiger partial charge in [-0.3, -0.25) is 9.78 Å². The number of aromatic nitrogens is 2. The van der Waals surface area contributed by atoms with Crippen LogP contribution in [-0.2, 0) is 38.8 Å². The van der Waals surface area contributed by atoms with Crippen molar-refractivity contribution in [1.82, 2.24) is 14.5 Å². The number of amides is 1. The van der Waals surface area contributed by atoms with Crippen molar-refractivity contribution in [1.29, 1.82) is 0 Å². The van der Waals surface area contributed by atoms with E-state index in [1.807, 2.05) is 55.3 Å². The molecule has 0 bridgehead atoms. The van der Waals surface area contributed by atoms with Gasteiger partial charge in [-0.05, 0) is 38.1 Å². The number of carboxylic acids is 1. The Morgan fingerprint density at radius 3 is 2.56 bits per heavy atom. The van der Waals surface area contributed by atoms with E-state index in [1.54, 1.807) is 0 Å². The zero-order chi connectivity index (χ0) is 23.7. The van der Waals surface area contributed by atoms with Gasteiger partial charge in [0.15, 0.2) is 0 Å². The third kappa shape index (κ3) is 7.97. The van der Waals surface area contributed by atoms with Crippen LogP contribution in [0.25, 0.3) is 0 Å². The third-order valence-corrected chi connectivity index (χ3v) is 4.54. The molecule has 0 radical (unpaired) electrons. The van der Waals surface area contributed by atoms with Crippen molar-refractivity contribution in [3.63, 3.8) is 0 Å². The van der Waals surface area contributed by atoms with Crippen LogP contribution >= 0.6 is 0 Å². The Morgan fingerprint density at radius 2 is 1.94 bits per heavy atom. The summed E-state index contributed by atoms with van der Waals surface area (Å²) in [5.74, 6) is -2.76. The van der Waals surface area contributed by atoms with E-state index >= 15 is 0 Å². The topological polar surface area (TPSA) is 93.9 Å². The molecule has 1 aliphatic rings. The van der Waals surface area contributed by atoms with Crippen LogP contribution in [0.3, 0.4) is 0 Å². The van der Waals surface area contributed by atoms with E-state index in [0.717, 1.165) is 23.6 Å². The number of carbonyl (C=O) groups excluding carboxylic acids is 1. The van der Waals surface area contributed by atoms with E-state index in [4.69, 9.17) is 19.4 Å². The number of hydrogen-bond acceptors (Lipinski definition) is 5. The molecular weight excluding hydrogens is 431 g/mol. The fraction of sp³-hybridized carbons (Fsp3) is 0.476. The second kappa shape index (κ2) is 11.6. The molecule has 0 spiro atoms. The van der Waals surface area contributed by atoms with Crippen molar-refractivity contribution < 1.29 is 37.3 Å². The molecule has 176 valence electrons. The SMILES string of the molecule is CCOCC(=O)N1Cc2cccn2CC(OCc2cccc(C)n2)C1.O=C(O)C(F)(F)F. The van der Waals surface area contributed by atoms with Crippen LogP contribution in [0.4, 0.5) is 13.2 Å². The maximum absolute atomic E-state index is 12.4. The van der Waals surface area contributed by atoms with Gasteiger partial charge >= 0.3 is 12.1 Å². The number of carboxylic acid groups (broad SMARTS) is 1. The lowest BCUT2D eigenvalue weighted by molar-refractivity contribution is -0.192. The molecule has 3 rings (SSSR count). The van der Waals surface area contributed by atoms with E-state index < -0.39 is 12.1 Å². The van der Waals surface area contributed by atoms with Gasteiger partial charge in [0.1, 0.15) is 6.61 Å². The first-order chi connectivity index (χ1) is 15.1. The van der Waals surface area contributed by atoms with E-state index in [1.165, 1.54) is 0 Å². The summed E-state index contributed by atoms with van der Waals surface area (Å²) in [5, 5.41) is 7.12. The molecule has 11 heteroatoms. The van der Waals surface area contributed by atoms with E-state index in [9.17, 15) is 18.0 Å². The highest BCUT2D eigenvalue weighted by Crippen LogP contribution is 2.17. The maximum Gasteiger partial charge on any atom is 0.490 e. The summed E-state index contributed by atoms with van der Waals surface area (Å²) in [5.41, 5.74) is 3.00. The molecule has 2 aromatic rings. The molecule has 1 unspecified atom stereocenters. The van der Waals surface area contributed by atoms with Gasteiger partial charge in [-0.1, -0.05) is 6.07 Å². The molecule has 1 amide bonds. The van der Waals surface area contributed by atoms with Crippen molar-refractivity contribution in [3.05, 3.63) is 53.6 Å². The van der Waals surface area contributed by atoms with Crippen LogP contribution in [0.5, 0.6) is 0 Å². The zero-order valence-electron chi connectivity index (χ0n) is 17.8. The zero-order valence-corrected chi connectivity index (χ0v) is 17.8. The number of aliphatic carboxylic acids is 1. The Hall–Kier alpha value is -2.92. The minimum Gasteiger partial charge on any atom is -0.475 e. The predicted octanol–water partition coefficient (Wildman–Crippen LogP) is 2.79. The highest BCUT2D eigenvalue weighted by molar-refractivity contribution is 5.77. The second-order valence-corrected chi connectivity index (χ2v) is 7.07. The number of pyridine rings is 1. The molecule has 1 aliphatic heterocycles. The molecule has 0 saturated heterocycles. The Bertz CT molecular complexity index is 901. The summed E-state index contributed by atoms with van der Waals surface area (Å²) in [6, 6.07) is 9.96. The first-order valence-electron chi connectivity index (χ1n) is 9.94. The van der Waals surface area contributed by atoms with Crippen molar-refractivity contribution in [2.45, 2.75) is 45.8 Å². The number of alkyl halides is 3. The Morgan fingerprint density at radius 1 is 1.22 bits per heavy atom. The van der Waals surface area contributed by atoms with Crippen molar-refractivity contribution in [2.24, 2.45) is 0 Å². The van der Waals surface area contributed by atoms with Gasteiger partial charge in [-0.25, -0.2) is 4.79 Å². The summed E-state index contributed by atoms with van der Waals surface area (Å²) >= 11 is 0. The molecule has 1 N–H and O–H groups in total. The summed E-state index contributed by atoms with van der Waals surface area (Å²) in [6.07, 6.45) is -3.13. The van der Waals surface area contributed by atoms with Gasteiger partial charge in [-0.2, -0.15) is 13.2 Å². The Kier molecular flexibility index (Phi) is 9.21. The number of carbonyl (C=O) groups is 2. The summed E-state index contributed by atoms with van der Waals surface area (Å²) < 4.78 is 45.3. The molecule has 1 atom stereocenters. The van der Waals surface area contributed by atoms with Crippen molar-refractivity contribution >= 4 is 11.9 Å². The van der Waals surface area contributed by atoms with Gasteiger partial charge in [0, 0.05) is 30.7 Å². The lowest BCUT2D eigenvalue weighted by Crippen LogP contribution is -2.39. The smallest absolute Gasteiger partial charge is 0.475 e. The van der Waals surface area contributed by atoms with Gasteiger partial charge in [-0.15, -0.1) is 0 Å². The minimum atomic E-state index is -5.08. The number of ether oxygens (including phenoxy) is 2. The van der Waals surface area contributed by atoms with Crippen molar-refractivity contribution in [3.8, 4) is 0 Å². The van der Waals surface area contributed by atoms with Crippen molar-refractivity contribution in [2.75, 3.05) is 19.8 Å². The average Bonchev–Trinajstić information content (AvgIpc) is 3.08. The molecule has 0 aliphatic carbocycles. The number of nitrogens with zero attached hydrogens (tertiary/aromatic N) is 3. The van der Waals surface area contributed by atoms with Gasteiger partial charge < -0.3 is 24.0 Å². The lowest BCUT2D eigenvalue weighted by Gasteiger charge is -2.24. The fourth-order valence-electron chi connectivity index (χ4n) is 3.01. The molecular formula is C21H26F3N3O5. The number of aryl methyl sites for hydroxylation is 1. The maximum atomic E-state index is 12.4. The molecule has 8 nitrogen and oxygen atoms in total. The number of hydrogen-bond donors (Lipinski definition) is 1. The summed E-state index contributed by atoms with van der Waals surface area (Å²) in [4.78, 5) is 27.6. The third-order valence-electron chi connectivity index (χ3n) is 4.54. The molecule has 0 fully saturated rings. The van der Waals surface area contributed by atoms with Crippen LogP contribution in [0.15, 0.2) is 36.5 Å². The highest BCUT2D eigenvalue weighted by atomic mass is 19.4. The predicted molar refractivity (Wildman–Crippen MR) is 108 cm³/mol. The van der Waals surface area contributed by atoms with Crippen LogP contribution in [-0.4, -0.2) is 63.5 Å². The first kappa shape index (κ1) is 25.3. The minimum absolute atomic E-state index is 0.00113. The van der Waals surface area contributed by atoms with Gasteiger partial charge in [0.25, 0.3) is 0 Å². The lowest BCUT2D eigenvalue weighted by atomic mass is 10.3. The summed E-state index contributed by atoms with van der Waals surface area (Å²) in [6.45, 7) is 6.82. The normalized spacial score (nSPS) is 15.9. The first-order valence-corrected chi connectivity index (χ1v) is 9.94. The molecule has 32 heavy (non-hydrogen) atoms. The standard InChI is InChI=1S/C19H25N3O3.C2HF3O2/c1-3-24-14-19(23)22-10-17-8-5-9-21(17)11-18(12-22)25-13-16-7-4-6-15(2)20-16;3-2(4,5)1(6)7/h4-9,18H,3,10-14H2,1-2H3;(H,6,7). The van der Waals surface area contributed by atoms with E-state index in [2.05, 4.69) is 9.55 Å². The Balaban J connectivity index is 0.000000451. The Labute approximate surface area is 183 Å². The highest BCUT2D eigenvalue weighted by Gasteiger charge is 2.38. The largest absolute Gasteiger partial charge is 0.490 e. The second-order valence-electron chi connectivity index (χ2n) is 7.07. The van der Waals surface area contributed by atoms with E-state index in [0.29, 0.717) is 26.3 Å². The monoisotopic (exact) mass is 457 g/mol. The number of fused-ring (bicyclic) bond motifs is 1. The fourth-order valence-corrected chi connectivity index (χ4v) is 3.01. The molecule has 3 heterocycles. The van der Waals surface area contributed by atoms with Crippen LogP contribution < -0.4 is 0 Å². The number of rotatable bonds is 6. The average molecular weight is 457 g/mol. The molecule has 0 saturated carbocycles. The van der Waals surface area contributed by atoms with Crippen LogP contribution in [0, 0.1) is 6.92 Å². The van der Waals surface area contributed by atoms with Crippen LogP contribution in [0.1, 0.15) is 24.0 Å². The van der Waals surface area contributed by atoms with Gasteiger partial charge in [0.2, 0.25) is 5.91 Å². The van der Waals surface area contributed by atoms with E-state index in [-0.39, 0.29) is 18.6 Å². The molecule has 0 aromatic carbocycles. The molecule has 2 aromatic heterocycles. The number of halogens is 3. The van der Waals surface area contributed by atoms with Crippen LogP contribution in [0.2, 0.25) is 0 Å².